The van der Waals surface area contributed by atoms with Gasteiger partial charge in [-0.3, -0.25) is 0 Å². The molecule has 3 rings (SSSR count). The van der Waals surface area contributed by atoms with E-state index in [1.165, 1.54) is 42.9 Å². The van der Waals surface area contributed by atoms with Gasteiger partial charge in [0.25, 0.3) is 0 Å². The summed E-state index contributed by atoms with van der Waals surface area (Å²) >= 11 is 0. The summed E-state index contributed by atoms with van der Waals surface area (Å²) in [5.74, 6) is 6.67. The zero-order valence-corrected chi connectivity index (χ0v) is 14.4. The van der Waals surface area contributed by atoms with Crippen molar-refractivity contribution < 1.29 is 9.80 Å². The van der Waals surface area contributed by atoms with Gasteiger partial charge in [-0.2, -0.15) is 0 Å². The molecule has 122 valence electrons. The third-order valence-corrected chi connectivity index (χ3v) is 4.64. The monoisotopic (exact) mass is 318 g/mol. The molecule has 0 spiro atoms. The molecule has 2 aromatic carbocycles. The van der Waals surface area contributed by atoms with Crippen LogP contribution in [0.2, 0.25) is 0 Å². The second-order valence-corrected chi connectivity index (χ2v) is 6.50. The molecule has 0 bridgehead atoms. The van der Waals surface area contributed by atoms with Crippen molar-refractivity contribution in [2.75, 3.05) is 39.8 Å². The molecule has 0 atom stereocenters. The van der Waals surface area contributed by atoms with Gasteiger partial charge in [-0.1, -0.05) is 66.6 Å². The maximum absolute atomic E-state index is 3.37. The molecule has 2 nitrogen and oxygen atoms in total. The number of quaternary nitrogens is 2. The Morgan fingerprint density at radius 3 is 1.96 bits per heavy atom. The van der Waals surface area contributed by atoms with Crippen molar-refractivity contribution in [1.82, 2.24) is 0 Å². The van der Waals surface area contributed by atoms with Gasteiger partial charge in [0.2, 0.25) is 0 Å². The summed E-state index contributed by atoms with van der Waals surface area (Å²) < 4.78 is 0. The fourth-order valence-electron chi connectivity index (χ4n) is 3.08. The molecule has 0 aliphatic carbocycles. The van der Waals surface area contributed by atoms with E-state index in [0.717, 1.165) is 6.54 Å². The first kappa shape index (κ1) is 16.5. The predicted octanol–water partition coefficient (Wildman–Crippen LogP) is 0.535. The number of nitrogens with one attached hydrogen (secondary N) is 2. The van der Waals surface area contributed by atoms with Crippen LogP contribution in [0.4, 0.5) is 0 Å². The second-order valence-electron chi connectivity index (χ2n) is 6.50. The largest absolute Gasteiger partial charge is 0.328 e. The van der Waals surface area contributed by atoms with E-state index < -0.39 is 0 Å². The minimum atomic E-state index is 0.945. The highest BCUT2D eigenvalue weighted by atomic mass is 15.2. The van der Waals surface area contributed by atoms with E-state index in [0.29, 0.717) is 0 Å². The summed E-state index contributed by atoms with van der Waals surface area (Å²) in [4.78, 5) is 3.25. The molecule has 1 saturated heterocycles. The molecule has 1 aliphatic rings. The number of piperazine rings is 1. The van der Waals surface area contributed by atoms with Crippen LogP contribution in [0.3, 0.4) is 0 Å². The lowest BCUT2D eigenvalue weighted by molar-refractivity contribution is -1.000. The fraction of sp³-hybridized carbons (Fsp3) is 0.273. The third-order valence-electron chi connectivity index (χ3n) is 4.64. The number of allylic oxidation sites excluding steroid dienone is 1. The Morgan fingerprint density at radius 2 is 1.42 bits per heavy atom. The van der Waals surface area contributed by atoms with Crippen LogP contribution < -0.4 is 9.80 Å². The van der Waals surface area contributed by atoms with Gasteiger partial charge < -0.3 is 9.80 Å². The standard InChI is InChI=1S/C22H24N2/c1-23-16-18-24(19-17-23)15-9-8-14-22(20-10-4-2-5-11-20)21-12-6-3-7-13-21/h2-7,10-14H,15-19H2,1H3/p+2. The smallest absolute Gasteiger partial charge is 0.140 e. The molecular formula is C22H26N2+2. The highest BCUT2D eigenvalue weighted by Crippen LogP contribution is 2.22. The number of rotatable bonds is 3. The minimum Gasteiger partial charge on any atom is -0.328 e. The maximum Gasteiger partial charge on any atom is 0.140 e. The van der Waals surface area contributed by atoms with Crippen LogP contribution in [0.25, 0.3) is 5.57 Å². The highest BCUT2D eigenvalue weighted by Gasteiger charge is 2.18. The van der Waals surface area contributed by atoms with Gasteiger partial charge in [0, 0.05) is 0 Å². The second kappa shape index (κ2) is 8.49. The van der Waals surface area contributed by atoms with E-state index in [1.807, 2.05) is 0 Å². The Balaban J connectivity index is 1.75. The van der Waals surface area contributed by atoms with Gasteiger partial charge in [-0.25, -0.2) is 0 Å². The molecule has 0 saturated carbocycles. The Bertz CT molecular complexity index is 673. The molecule has 0 unspecified atom stereocenters. The predicted molar refractivity (Wildman–Crippen MR) is 99.9 cm³/mol. The molecule has 1 aliphatic heterocycles. The van der Waals surface area contributed by atoms with Crippen LogP contribution in [0.1, 0.15) is 11.1 Å². The average molecular weight is 318 g/mol. The normalized spacial score (nSPS) is 19.9. The molecule has 2 heteroatoms. The van der Waals surface area contributed by atoms with Crippen molar-refractivity contribution in [2.45, 2.75) is 0 Å². The zero-order chi connectivity index (χ0) is 16.6. The molecule has 0 aromatic heterocycles. The van der Waals surface area contributed by atoms with Gasteiger partial charge in [0.1, 0.15) is 32.7 Å². The quantitative estimate of drug-likeness (QED) is 0.764. The van der Waals surface area contributed by atoms with Crippen molar-refractivity contribution in [2.24, 2.45) is 0 Å². The van der Waals surface area contributed by atoms with E-state index >= 15 is 0 Å². The molecule has 1 fully saturated rings. The number of benzene rings is 2. The SMILES string of the molecule is C[NH+]1CC[NH+](CC#CC=C(c2ccccc2)c2ccccc2)CC1. The Kier molecular flexibility index (Phi) is 5.85. The molecular weight excluding hydrogens is 292 g/mol. The van der Waals surface area contributed by atoms with Gasteiger partial charge in [0.05, 0.1) is 7.05 Å². The fourth-order valence-corrected chi connectivity index (χ4v) is 3.08. The average Bonchev–Trinajstić information content (AvgIpc) is 2.65. The van der Waals surface area contributed by atoms with Crippen molar-refractivity contribution in [3.63, 3.8) is 0 Å². The number of likely N-dealkylation sites (N-methyl/N-ethyl adjacent to an activating group) is 1. The molecule has 24 heavy (non-hydrogen) atoms. The van der Waals surface area contributed by atoms with Crippen LogP contribution in [0, 0.1) is 11.8 Å². The van der Waals surface area contributed by atoms with E-state index in [1.54, 1.807) is 9.80 Å². The summed E-state index contributed by atoms with van der Waals surface area (Å²) in [6, 6.07) is 21.0. The lowest BCUT2D eigenvalue weighted by Crippen LogP contribution is -3.26. The van der Waals surface area contributed by atoms with Crippen LogP contribution >= 0.6 is 0 Å². The van der Waals surface area contributed by atoms with E-state index in [-0.39, 0.29) is 0 Å². The van der Waals surface area contributed by atoms with E-state index in [2.05, 4.69) is 85.6 Å². The maximum atomic E-state index is 3.37. The first-order valence-corrected chi connectivity index (χ1v) is 8.77. The van der Waals surface area contributed by atoms with Crippen LogP contribution in [0.5, 0.6) is 0 Å². The Morgan fingerprint density at radius 1 is 0.875 bits per heavy atom. The molecule has 1 heterocycles. The van der Waals surface area contributed by atoms with Gasteiger partial charge >= 0.3 is 0 Å². The zero-order valence-electron chi connectivity index (χ0n) is 14.4. The van der Waals surface area contributed by atoms with Crippen molar-refractivity contribution in [3.8, 4) is 11.8 Å². The third kappa shape index (κ3) is 4.58. The summed E-state index contributed by atoms with van der Waals surface area (Å²) in [5, 5.41) is 0. The number of hydrogen-bond donors (Lipinski definition) is 2. The molecule has 2 aromatic rings. The van der Waals surface area contributed by atoms with Crippen LogP contribution in [-0.4, -0.2) is 39.8 Å². The van der Waals surface area contributed by atoms with E-state index in [4.69, 9.17) is 0 Å². The summed E-state index contributed by atoms with van der Waals surface area (Å²) in [5.41, 5.74) is 3.63. The van der Waals surface area contributed by atoms with Gasteiger partial charge in [-0.05, 0) is 28.7 Å². The van der Waals surface area contributed by atoms with Crippen LogP contribution in [0.15, 0.2) is 66.7 Å². The molecule has 2 N–H and O–H groups in total. The summed E-state index contributed by atoms with van der Waals surface area (Å²) in [6.45, 7) is 5.92. The summed E-state index contributed by atoms with van der Waals surface area (Å²) in [7, 11) is 2.27. The van der Waals surface area contributed by atoms with Gasteiger partial charge in [0.15, 0.2) is 0 Å². The lowest BCUT2D eigenvalue weighted by atomic mass is 9.98. The Labute approximate surface area is 145 Å². The first-order chi connectivity index (χ1) is 11.8. The van der Waals surface area contributed by atoms with Crippen molar-refractivity contribution in [1.29, 1.82) is 0 Å². The first-order valence-electron chi connectivity index (χ1n) is 8.77. The number of hydrogen-bond acceptors (Lipinski definition) is 0. The Hall–Kier alpha value is -2.34. The van der Waals surface area contributed by atoms with Crippen LogP contribution in [-0.2, 0) is 0 Å². The minimum absolute atomic E-state index is 0.945. The van der Waals surface area contributed by atoms with Crippen molar-refractivity contribution >= 4 is 5.57 Å². The molecule has 0 radical (unpaired) electrons. The molecule has 0 amide bonds. The van der Waals surface area contributed by atoms with Crippen molar-refractivity contribution in [3.05, 3.63) is 77.9 Å². The van der Waals surface area contributed by atoms with Gasteiger partial charge in [-0.15, -0.1) is 0 Å². The van der Waals surface area contributed by atoms with E-state index in [9.17, 15) is 0 Å². The highest BCUT2D eigenvalue weighted by molar-refractivity contribution is 5.81. The lowest BCUT2D eigenvalue weighted by Gasteiger charge is -2.25. The summed E-state index contributed by atoms with van der Waals surface area (Å²) in [6.07, 6.45) is 2.07. The topological polar surface area (TPSA) is 8.88 Å².